The van der Waals surface area contributed by atoms with Gasteiger partial charge in [0.1, 0.15) is 5.01 Å². The summed E-state index contributed by atoms with van der Waals surface area (Å²) in [6.45, 7) is 8.16. The average Bonchev–Trinajstić information content (AvgIpc) is 2.46. The highest BCUT2D eigenvalue weighted by Crippen LogP contribution is 2.36. The molecule has 0 amide bonds. The molecule has 0 aliphatic carbocycles. The summed E-state index contributed by atoms with van der Waals surface area (Å²) in [5.74, 6) is 0. The number of thiazole rings is 1. The third-order valence-corrected chi connectivity index (χ3v) is 4.16. The van der Waals surface area contributed by atoms with Gasteiger partial charge >= 0.3 is 0 Å². The number of hydrogen-bond donors (Lipinski definition) is 1. The molecule has 0 bridgehead atoms. The molecule has 1 aromatic heterocycles. The maximum atomic E-state index is 6.06. The molecule has 2 heterocycles. The predicted octanol–water partition coefficient (Wildman–Crippen LogP) is 2.36. The zero-order valence-electron chi connectivity index (χ0n) is 9.70. The summed E-state index contributed by atoms with van der Waals surface area (Å²) in [6.07, 6.45) is 1.34. The summed E-state index contributed by atoms with van der Waals surface area (Å²) in [5.41, 5.74) is 6.89. The van der Waals surface area contributed by atoms with Crippen LogP contribution >= 0.6 is 11.3 Å². The summed E-state index contributed by atoms with van der Waals surface area (Å²) in [5, 5.41) is 1.01. The number of nitrogens with two attached hydrogens (primary N) is 1. The molecule has 1 aliphatic rings. The van der Waals surface area contributed by atoms with Crippen LogP contribution in [0, 0.1) is 0 Å². The smallest absolute Gasteiger partial charge is 0.113 e. The molecule has 2 rings (SSSR count). The van der Waals surface area contributed by atoms with E-state index in [2.05, 4.69) is 18.8 Å². The molecule has 1 aliphatic heterocycles. The molecule has 0 saturated heterocycles. The summed E-state index contributed by atoms with van der Waals surface area (Å²) in [6, 6.07) is 0. The van der Waals surface area contributed by atoms with E-state index in [4.69, 9.17) is 10.5 Å². The molecule has 3 nitrogen and oxygen atoms in total. The summed E-state index contributed by atoms with van der Waals surface area (Å²) >= 11 is 1.69. The van der Waals surface area contributed by atoms with Crippen molar-refractivity contribution in [1.82, 2.24) is 4.98 Å². The van der Waals surface area contributed by atoms with Crippen LogP contribution in [0.4, 0.5) is 0 Å². The molecule has 2 unspecified atom stereocenters. The first kappa shape index (κ1) is 11.0. The normalized spacial score (nSPS) is 26.5. The van der Waals surface area contributed by atoms with Crippen LogP contribution in [0.3, 0.4) is 0 Å². The van der Waals surface area contributed by atoms with Crippen molar-refractivity contribution in [3.05, 3.63) is 15.6 Å². The molecule has 2 atom stereocenters. The van der Waals surface area contributed by atoms with Crippen molar-refractivity contribution >= 4 is 11.3 Å². The third-order valence-electron chi connectivity index (χ3n) is 2.57. The number of fused-ring (bicyclic) bond motifs is 1. The Bertz CT molecular complexity index is 367. The molecule has 15 heavy (non-hydrogen) atoms. The van der Waals surface area contributed by atoms with E-state index in [0.717, 1.165) is 11.4 Å². The van der Waals surface area contributed by atoms with Crippen molar-refractivity contribution in [2.24, 2.45) is 5.73 Å². The van der Waals surface area contributed by atoms with Gasteiger partial charge in [-0.15, -0.1) is 11.3 Å². The fourth-order valence-corrected chi connectivity index (χ4v) is 2.93. The van der Waals surface area contributed by atoms with E-state index < -0.39 is 0 Å². The van der Waals surface area contributed by atoms with Gasteiger partial charge in [-0.05, 0) is 27.7 Å². The fourth-order valence-electron chi connectivity index (χ4n) is 1.83. The minimum Gasteiger partial charge on any atom is -0.370 e. The first-order valence-corrected chi connectivity index (χ1v) is 6.14. The van der Waals surface area contributed by atoms with Crippen LogP contribution in [0.5, 0.6) is 0 Å². The van der Waals surface area contributed by atoms with Gasteiger partial charge in [-0.25, -0.2) is 4.98 Å². The topological polar surface area (TPSA) is 48.1 Å². The van der Waals surface area contributed by atoms with Crippen LogP contribution in [0.2, 0.25) is 0 Å². The second-order valence-electron chi connectivity index (χ2n) is 4.84. The van der Waals surface area contributed by atoms with Crippen molar-refractivity contribution in [3.63, 3.8) is 0 Å². The van der Waals surface area contributed by atoms with Crippen molar-refractivity contribution in [1.29, 1.82) is 0 Å². The van der Waals surface area contributed by atoms with E-state index in [0.29, 0.717) is 0 Å². The lowest BCUT2D eigenvalue weighted by Gasteiger charge is -2.23. The van der Waals surface area contributed by atoms with Crippen molar-refractivity contribution < 1.29 is 4.74 Å². The molecule has 0 spiro atoms. The Morgan fingerprint density at radius 3 is 2.73 bits per heavy atom. The van der Waals surface area contributed by atoms with Crippen molar-refractivity contribution in [3.8, 4) is 0 Å². The molecular weight excluding hydrogens is 208 g/mol. The average molecular weight is 226 g/mol. The highest BCUT2D eigenvalue weighted by atomic mass is 32.1. The number of ether oxygens (including phenoxy) is 1. The van der Waals surface area contributed by atoms with Gasteiger partial charge in [-0.1, -0.05) is 0 Å². The highest BCUT2D eigenvalue weighted by Gasteiger charge is 2.29. The number of nitrogens with zero attached hydrogens (tertiary/aromatic N) is 1. The molecule has 4 heteroatoms. The Morgan fingerprint density at radius 2 is 2.13 bits per heavy atom. The summed E-state index contributed by atoms with van der Waals surface area (Å²) in [7, 11) is 0. The van der Waals surface area contributed by atoms with Crippen molar-refractivity contribution in [2.45, 2.75) is 51.9 Å². The van der Waals surface area contributed by atoms with Crippen LogP contribution in [-0.2, 0) is 16.7 Å². The van der Waals surface area contributed by atoms with E-state index in [9.17, 15) is 0 Å². The van der Waals surface area contributed by atoms with Crippen LogP contribution in [-0.4, -0.2) is 11.1 Å². The van der Waals surface area contributed by atoms with E-state index in [1.165, 1.54) is 10.6 Å². The van der Waals surface area contributed by atoms with Crippen LogP contribution in [0.1, 0.15) is 49.4 Å². The van der Waals surface area contributed by atoms with E-state index in [1.807, 2.05) is 13.8 Å². The maximum Gasteiger partial charge on any atom is 0.113 e. The van der Waals surface area contributed by atoms with Crippen LogP contribution < -0.4 is 5.73 Å². The highest BCUT2D eigenvalue weighted by molar-refractivity contribution is 7.12. The Morgan fingerprint density at radius 1 is 1.47 bits per heavy atom. The quantitative estimate of drug-likeness (QED) is 0.799. The van der Waals surface area contributed by atoms with E-state index in [1.54, 1.807) is 11.3 Å². The van der Waals surface area contributed by atoms with E-state index >= 15 is 0 Å². The number of hydrogen-bond acceptors (Lipinski definition) is 4. The lowest BCUT2D eigenvalue weighted by molar-refractivity contribution is -0.00319. The Labute approximate surface area is 94.7 Å². The Hall–Kier alpha value is -0.450. The monoisotopic (exact) mass is 226 g/mol. The van der Waals surface area contributed by atoms with Gasteiger partial charge in [0.15, 0.2) is 0 Å². The van der Waals surface area contributed by atoms with Crippen LogP contribution in [0.15, 0.2) is 0 Å². The first-order valence-electron chi connectivity index (χ1n) is 5.32. The fraction of sp³-hybridized carbons (Fsp3) is 0.727. The molecule has 0 aromatic carbocycles. The van der Waals surface area contributed by atoms with Gasteiger partial charge in [-0.2, -0.15) is 0 Å². The predicted molar refractivity (Wildman–Crippen MR) is 62.0 cm³/mol. The molecular formula is C11H18N2OS. The summed E-state index contributed by atoms with van der Waals surface area (Å²) in [4.78, 5) is 5.89. The lowest BCUT2D eigenvalue weighted by Crippen LogP contribution is -2.28. The largest absolute Gasteiger partial charge is 0.370 e. The lowest BCUT2D eigenvalue weighted by atomic mass is 10.1. The molecule has 2 N–H and O–H groups in total. The second-order valence-corrected chi connectivity index (χ2v) is 5.88. The number of rotatable bonds is 1. The Kier molecular flexibility index (Phi) is 2.61. The zero-order valence-corrected chi connectivity index (χ0v) is 10.5. The Balaban J connectivity index is 2.39. The van der Waals surface area contributed by atoms with Crippen LogP contribution in [0.25, 0.3) is 0 Å². The maximum absolute atomic E-state index is 6.06. The first-order chi connectivity index (χ1) is 6.88. The van der Waals surface area contributed by atoms with E-state index in [-0.39, 0.29) is 17.7 Å². The second kappa shape index (κ2) is 3.54. The van der Waals surface area contributed by atoms with Gasteiger partial charge in [-0.3, -0.25) is 0 Å². The minimum absolute atomic E-state index is 0.164. The van der Waals surface area contributed by atoms with Crippen molar-refractivity contribution in [2.75, 3.05) is 0 Å². The number of aromatic nitrogens is 1. The molecule has 0 saturated carbocycles. The zero-order chi connectivity index (χ0) is 11.2. The van der Waals surface area contributed by atoms with Gasteiger partial charge < -0.3 is 10.5 Å². The molecule has 1 aromatic rings. The molecule has 0 fully saturated rings. The third kappa shape index (κ3) is 2.07. The summed E-state index contributed by atoms with van der Waals surface area (Å²) < 4.78 is 5.77. The van der Waals surface area contributed by atoms with Gasteiger partial charge in [0, 0.05) is 6.42 Å². The van der Waals surface area contributed by atoms with Gasteiger partial charge in [0.2, 0.25) is 0 Å². The van der Waals surface area contributed by atoms with Gasteiger partial charge in [0.25, 0.3) is 0 Å². The molecule has 84 valence electrons. The minimum atomic E-state index is -0.342. The standard InChI is InChI=1S/C11H18N2OS/c1-6-5-8-9(7(2)14-6)15-10(13-8)11(3,4)12/h6-7H,5,12H2,1-4H3. The van der Waals surface area contributed by atoms with Gasteiger partial charge in [0.05, 0.1) is 28.3 Å². The SMILES string of the molecule is CC1Cc2nc(C(C)(C)N)sc2C(C)O1. The molecule has 0 radical (unpaired) electrons.